The largest absolute Gasteiger partial charge is 0.573 e. The Bertz CT molecular complexity index is 1310. The van der Waals surface area contributed by atoms with E-state index >= 15 is 0 Å². The second-order valence-electron chi connectivity index (χ2n) is 9.64. The highest BCUT2D eigenvalue weighted by atomic mass is 35.5. The minimum atomic E-state index is -5.01. The number of phenols is 1. The van der Waals surface area contributed by atoms with Crippen molar-refractivity contribution in [3.05, 3.63) is 41.0 Å². The van der Waals surface area contributed by atoms with E-state index in [4.69, 9.17) is 11.6 Å². The molecule has 37 heavy (non-hydrogen) atoms. The number of benzene rings is 1. The van der Waals surface area contributed by atoms with Crippen LogP contribution in [-0.4, -0.2) is 58.8 Å². The van der Waals surface area contributed by atoms with E-state index in [1.165, 1.54) is 19.2 Å². The number of hydrogen-bond donors (Lipinski definition) is 2. The number of aromatic nitrogens is 2. The van der Waals surface area contributed by atoms with Gasteiger partial charge in [-0.25, -0.2) is 4.98 Å². The molecule has 0 spiro atoms. The van der Waals surface area contributed by atoms with Gasteiger partial charge in [0, 0.05) is 24.3 Å². The number of phenolic OH excluding ortho intramolecular Hbond substituents is 1. The van der Waals surface area contributed by atoms with Gasteiger partial charge in [0.15, 0.2) is 17.3 Å². The normalized spacial score (nSPS) is 18.3. The minimum Gasteiger partial charge on any atom is -0.503 e. The number of nitrogens with zero attached hydrogens (tertiary/aromatic N) is 3. The van der Waals surface area contributed by atoms with E-state index in [2.05, 4.69) is 39.0 Å². The third-order valence-corrected chi connectivity index (χ3v) is 6.75. The first-order valence-corrected chi connectivity index (χ1v) is 12.3. The number of ketones is 1. The first-order valence-electron chi connectivity index (χ1n) is 11.9. The Labute approximate surface area is 217 Å². The topological polar surface area (TPSA) is 87.6 Å². The average molecular weight is 537 g/mol. The van der Waals surface area contributed by atoms with Gasteiger partial charge in [0.05, 0.1) is 27.5 Å². The van der Waals surface area contributed by atoms with Crippen LogP contribution in [0.15, 0.2) is 30.5 Å². The predicted octanol–water partition coefficient (Wildman–Crippen LogP) is 6.29. The second kappa shape index (κ2) is 10.7. The highest BCUT2D eigenvalue weighted by Gasteiger charge is 2.33. The zero-order valence-corrected chi connectivity index (χ0v) is 21.5. The summed E-state index contributed by atoms with van der Waals surface area (Å²) in [5.41, 5.74) is 2.36. The highest BCUT2D eigenvalue weighted by Crippen LogP contribution is 2.41. The number of Topliss-reactive ketones (excluding diaryl/α,β-unsaturated/α-hetero) is 1. The number of pyridine rings is 2. The van der Waals surface area contributed by atoms with E-state index in [-0.39, 0.29) is 28.1 Å². The van der Waals surface area contributed by atoms with Gasteiger partial charge in [-0.15, -0.1) is 13.2 Å². The molecule has 0 bridgehead atoms. The number of carbonyl (C=O) groups excluding carboxylic acids is 1. The molecule has 0 radical (unpaired) electrons. The molecule has 3 aromatic rings. The van der Waals surface area contributed by atoms with Crippen LogP contribution in [0.5, 0.6) is 11.5 Å². The monoisotopic (exact) mass is 536 g/mol. The Hall–Kier alpha value is -3.11. The van der Waals surface area contributed by atoms with Crippen molar-refractivity contribution in [1.82, 2.24) is 14.9 Å². The fraction of sp³-hybridized carbons (Fsp3) is 0.423. The molecule has 1 aliphatic rings. The Kier molecular flexibility index (Phi) is 7.80. The van der Waals surface area contributed by atoms with Crippen molar-refractivity contribution in [3.8, 4) is 22.8 Å². The van der Waals surface area contributed by atoms with Gasteiger partial charge in [-0.3, -0.25) is 9.78 Å². The zero-order chi connectivity index (χ0) is 26.9. The fourth-order valence-corrected chi connectivity index (χ4v) is 4.98. The van der Waals surface area contributed by atoms with E-state index in [1.807, 2.05) is 0 Å². The van der Waals surface area contributed by atoms with Gasteiger partial charge in [0.1, 0.15) is 5.52 Å². The highest BCUT2D eigenvalue weighted by molar-refractivity contribution is 6.32. The lowest BCUT2D eigenvalue weighted by molar-refractivity contribution is -0.275. The SMILES string of the molecule is CC(=O)c1cnc2ccc(-c3cc(Cl)c(O)c(OC(F)(F)F)c3)nc2c1NC1CCC(CN(C)C)CC1. The number of carbonyl (C=O) groups is 1. The van der Waals surface area contributed by atoms with Crippen molar-refractivity contribution in [2.24, 2.45) is 5.92 Å². The van der Waals surface area contributed by atoms with Gasteiger partial charge in [0.2, 0.25) is 0 Å². The van der Waals surface area contributed by atoms with Crippen LogP contribution in [0.1, 0.15) is 43.0 Å². The van der Waals surface area contributed by atoms with Crippen LogP contribution in [0.25, 0.3) is 22.3 Å². The molecule has 1 aromatic carbocycles. The molecule has 0 unspecified atom stereocenters. The molecular formula is C26H28ClF3N4O3. The van der Waals surface area contributed by atoms with Crippen LogP contribution < -0.4 is 10.1 Å². The predicted molar refractivity (Wildman–Crippen MR) is 136 cm³/mol. The standard InChI is InChI=1S/C26H28ClF3N4O3/c1-14(35)18-12-31-21-9-8-20(16-10-19(27)25(36)22(11-16)37-26(28,29)30)33-24(21)23(18)32-17-6-4-15(5-7-17)13-34(2)3/h8-12,15,17,36H,4-7,13H2,1-3H3,(H,31,32). The number of aromatic hydroxyl groups is 1. The third-order valence-electron chi connectivity index (χ3n) is 6.46. The lowest BCUT2D eigenvalue weighted by atomic mass is 9.85. The van der Waals surface area contributed by atoms with Crippen LogP contribution >= 0.6 is 11.6 Å². The smallest absolute Gasteiger partial charge is 0.503 e. The summed E-state index contributed by atoms with van der Waals surface area (Å²) in [6, 6.07) is 5.72. The minimum absolute atomic E-state index is 0.141. The molecule has 1 fully saturated rings. The number of nitrogens with one attached hydrogen (secondary N) is 1. The molecule has 11 heteroatoms. The quantitative estimate of drug-likeness (QED) is 0.343. The first kappa shape index (κ1) is 26.9. The van der Waals surface area contributed by atoms with Crippen molar-refractivity contribution < 1.29 is 27.8 Å². The number of hydrogen-bond acceptors (Lipinski definition) is 7. The second-order valence-corrected chi connectivity index (χ2v) is 10.1. The summed E-state index contributed by atoms with van der Waals surface area (Å²) in [7, 11) is 4.13. The maximum atomic E-state index is 12.8. The number of halogens is 4. The summed E-state index contributed by atoms with van der Waals surface area (Å²) in [5, 5.41) is 13.2. The molecular weight excluding hydrogens is 509 g/mol. The van der Waals surface area contributed by atoms with Gasteiger partial charge < -0.3 is 20.1 Å². The van der Waals surface area contributed by atoms with Crippen molar-refractivity contribution in [2.45, 2.75) is 45.0 Å². The average Bonchev–Trinajstić information content (AvgIpc) is 2.81. The lowest BCUT2D eigenvalue weighted by Gasteiger charge is -2.31. The van der Waals surface area contributed by atoms with Crippen LogP contribution in [0.3, 0.4) is 0 Å². The number of alkyl halides is 3. The van der Waals surface area contributed by atoms with E-state index in [1.54, 1.807) is 12.1 Å². The van der Waals surface area contributed by atoms with Crippen LogP contribution in [0.2, 0.25) is 5.02 Å². The van der Waals surface area contributed by atoms with E-state index in [0.29, 0.717) is 28.2 Å². The van der Waals surface area contributed by atoms with E-state index in [0.717, 1.165) is 38.3 Å². The maximum absolute atomic E-state index is 12.8. The molecule has 7 nitrogen and oxygen atoms in total. The molecule has 0 saturated heterocycles. The molecule has 2 aromatic heterocycles. The summed E-state index contributed by atoms with van der Waals surface area (Å²) in [4.78, 5) is 23.7. The lowest BCUT2D eigenvalue weighted by Crippen LogP contribution is -2.31. The molecule has 2 N–H and O–H groups in total. The van der Waals surface area contributed by atoms with Gasteiger partial charge in [-0.05, 0) is 76.9 Å². The first-order chi connectivity index (χ1) is 17.4. The fourth-order valence-electron chi connectivity index (χ4n) is 4.77. The molecule has 0 atom stereocenters. The number of anilines is 1. The van der Waals surface area contributed by atoms with Crippen molar-refractivity contribution in [3.63, 3.8) is 0 Å². The summed E-state index contributed by atoms with van der Waals surface area (Å²) in [6.45, 7) is 2.48. The Morgan fingerprint density at radius 3 is 2.54 bits per heavy atom. The van der Waals surface area contributed by atoms with E-state index in [9.17, 15) is 23.1 Å². The summed E-state index contributed by atoms with van der Waals surface area (Å²) in [5.74, 6) is -1.22. The number of rotatable bonds is 7. The molecule has 0 aliphatic heterocycles. The maximum Gasteiger partial charge on any atom is 0.573 e. The van der Waals surface area contributed by atoms with Gasteiger partial charge in [-0.2, -0.15) is 0 Å². The summed E-state index contributed by atoms with van der Waals surface area (Å²) < 4.78 is 42.4. The number of fused-ring (bicyclic) bond motifs is 1. The molecule has 4 rings (SSSR count). The zero-order valence-electron chi connectivity index (χ0n) is 20.7. The van der Waals surface area contributed by atoms with Gasteiger partial charge in [-0.1, -0.05) is 11.6 Å². The third kappa shape index (κ3) is 6.42. The summed E-state index contributed by atoms with van der Waals surface area (Å²) >= 11 is 5.99. The van der Waals surface area contributed by atoms with Crippen LogP contribution in [-0.2, 0) is 0 Å². The molecule has 198 valence electrons. The Balaban J connectivity index is 1.72. The molecule has 1 saturated carbocycles. The molecule has 2 heterocycles. The van der Waals surface area contributed by atoms with Crippen molar-refractivity contribution in [2.75, 3.05) is 26.0 Å². The van der Waals surface area contributed by atoms with Gasteiger partial charge >= 0.3 is 6.36 Å². The van der Waals surface area contributed by atoms with E-state index < -0.39 is 17.9 Å². The van der Waals surface area contributed by atoms with Crippen LogP contribution in [0.4, 0.5) is 18.9 Å². The van der Waals surface area contributed by atoms with Crippen molar-refractivity contribution >= 4 is 34.1 Å². The Morgan fingerprint density at radius 1 is 1.22 bits per heavy atom. The Morgan fingerprint density at radius 2 is 1.92 bits per heavy atom. The van der Waals surface area contributed by atoms with Crippen molar-refractivity contribution in [1.29, 1.82) is 0 Å². The molecule has 0 amide bonds. The van der Waals surface area contributed by atoms with Crippen LogP contribution in [0, 0.1) is 5.92 Å². The molecule has 1 aliphatic carbocycles. The number of ether oxygens (including phenoxy) is 1. The van der Waals surface area contributed by atoms with Gasteiger partial charge in [0.25, 0.3) is 0 Å². The summed E-state index contributed by atoms with van der Waals surface area (Å²) in [6.07, 6.45) is 0.482.